The van der Waals surface area contributed by atoms with E-state index < -0.39 is 0 Å². The van der Waals surface area contributed by atoms with Crippen LogP contribution in [-0.4, -0.2) is 61.7 Å². The molecule has 0 saturated carbocycles. The molecule has 0 heterocycles. The van der Waals surface area contributed by atoms with Gasteiger partial charge in [-0.2, -0.15) is 0 Å². The maximum atomic E-state index is 5.02. The van der Waals surface area contributed by atoms with Crippen molar-refractivity contribution >= 4 is 34.6 Å². The second-order valence-corrected chi connectivity index (χ2v) is 11.9. The first-order chi connectivity index (χ1) is 25.8. The molecule has 0 fully saturated rings. The van der Waals surface area contributed by atoms with Crippen LogP contribution in [0.25, 0.3) is 16.0 Å². The van der Waals surface area contributed by atoms with E-state index in [0.717, 1.165) is 33.8 Å². The van der Waals surface area contributed by atoms with Crippen molar-refractivity contribution in [3.63, 3.8) is 0 Å². The van der Waals surface area contributed by atoms with Gasteiger partial charge in [0.2, 0.25) is 0 Å². The third-order valence-corrected chi connectivity index (χ3v) is 8.10. The average molecular weight is 796 g/mol. The van der Waals surface area contributed by atoms with Crippen molar-refractivity contribution in [2.24, 2.45) is 15.0 Å². The average Bonchev–Trinajstić information content (AvgIpc) is 3.21. The molecule has 0 aliphatic carbocycles. The molecule has 6 rings (SSSR count). The Labute approximate surface area is 340 Å². The molecule has 0 saturated heterocycles. The van der Waals surface area contributed by atoms with Crippen molar-refractivity contribution < 1.29 is 33.8 Å². The summed E-state index contributed by atoms with van der Waals surface area (Å²) in [4.78, 5) is 17.4. The smallest absolute Gasteiger partial charge is 0.464 e. The van der Waals surface area contributed by atoms with E-state index in [2.05, 4.69) is 41.3 Å². The summed E-state index contributed by atoms with van der Waals surface area (Å²) in [5, 5.41) is 14.7. The molecule has 0 amide bonds. The molecule has 0 unspecified atom stereocenters. The minimum atomic E-state index is 0. The second-order valence-electron chi connectivity index (χ2n) is 11.9. The number of nitrogens with zero attached hydrogens (tertiary/aromatic N) is 7. The summed E-state index contributed by atoms with van der Waals surface area (Å²) >= 11 is 0. The summed E-state index contributed by atoms with van der Waals surface area (Å²) in [7, 11) is 0. The number of hydrogen-bond acceptors (Lipinski definition) is 4. The Bertz CT molecular complexity index is 1760. The fourth-order valence-corrected chi connectivity index (χ4v) is 5.44. The molecule has 274 valence electrons. The van der Waals surface area contributed by atoms with Crippen LogP contribution < -0.4 is 0 Å². The minimum absolute atomic E-state index is 0. The number of benzene rings is 6. The Morgan fingerprint density at radius 1 is 0.352 bits per heavy atom. The van der Waals surface area contributed by atoms with Gasteiger partial charge < -0.3 is 35.8 Å². The fourth-order valence-electron chi connectivity index (χ4n) is 5.44. The van der Waals surface area contributed by atoms with E-state index in [9.17, 15) is 0 Å². The first kappa shape index (κ1) is 41.5. The molecule has 0 radical (unpaired) electrons. The molecular weight excluding hydrogens is 753 g/mol. The number of para-hydroxylation sites is 3. The van der Waals surface area contributed by atoms with Gasteiger partial charge >= 0.3 is 16.8 Å². The zero-order chi connectivity index (χ0) is 35.5. The molecule has 0 aliphatic heterocycles. The van der Waals surface area contributed by atoms with E-state index in [-0.39, 0.29) is 33.8 Å². The summed E-state index contributed by atoms with van der Waals surface area (Å²) < 4.78 is 0. The molecule has 9 heteroatoms. The van der Waals surface area contributed by atoms with Crippen molar-refractivity contribution in [1.29, 1.82) is 0 Å². The molecule has 54 heavy (non-hydrogen) atoms. The molecule has 6 aromatic carbocycles. The topological polar surface area (TPSA) is 82.6 Å². The van der Waals surface area contributed by atoms with Gasteiger partial charge in [0.25, 0.3) is 0 Å². The van der Waals surface area contributed by atoms with Gasteiger partial charge in [0, 0.05) is 17.1 Å². The van der Waals surface area contributed by atoms with Crippen LogP contribution in [0.1, 0.15) is 16.7 Å². The Kier molecular flexibility index (Phi) is 18.0. The summed E-state index contributed by atoms with van der Waals surface area (Å²) in [6, 6.07) is 60.3. The molecule has 0 atom stereocenters. The second kappa shape index (κ2) is 23.4. The number of aliphatic imine (C=N–C) groups is 3. The molecule has 7 nitrogen and oxygen atoms in total. The Morgan fingerprint density at radius 2 is 0.574 bits per heavy atom. The van der Waals surface area contributed by atoms with Crippen LogP contribution in [0.2, 0.25) is 0 Å². The normalized spacial score (nSPS) is 11.6. The standard InChI is InChI=1S/C45H42N7.Co.Fe/c1-7-19-37(20-8-1)43(49-40-25-13-4-14-26-40)46-31-34-52(35-32-47-44(38-21-9-2-10-22-38)50-41-27-15-5-16-28-41)36-33-48-45(39-23-11-3-12-24-39)51-42-29-17-6-18-30-42;;/h1-30H,31-36H2;;/q-3;+3;. The van der Waals surface area contributed by atoms with Crippen molar-refractivity contribution in [3.05, 3.63) is 215 Å². The Balaban J connectivity index is 0.00000325. The van der Waals surface area contributed by atoms with E-state index in [0.29, 0.717) is 56.8 Å². The molecule has 0 spiro atoms. The van der Waals surface area contributed by atoms with Crippen molar-refractivity contribution in [3.8, 4) is 0 Å². The Hall–Kier alpha value is -5.28. The van der Waals surface area contributed by atoms with Gasteiger partial charge in [-0.1, -0.05) is 199 Å². The third kappa shape index (κ3) is 13.6. The van der Waals surface area contributed by atoms with Crippen LogP contribution in [0.3, 0.4) is 0 Å². The first-order valence-electron chi connectivity index (χ1n) is 17.6. The van der Waals surface area contributed by atoms with Gasteiger partial charge in [0.15, 0.2) is 0 Å². The fraction of sp³-hybridized carbons (Fsp3) is 0.133. The number of hydrogen-bond donors (Lipinski definition) is 0. The van der Waals surface area contributed by atoms with E-state index >= 15 is 0 Å². The van der Waals surface area contributed by atoms with Crippen LogP contribution in [0, 0.1) is 0 Å². The van der Waals surface area contributed by atoms with Crippen LogP contribution in [0.15, 0.2) is 197 Å². The maximum Gasteiger partial charge on any atom is 3.00 e. The zero-order valence-electron chi connectivity index (χ0n) is 29.9. The number of rotatable bonds is 15. The Morgan fingerprint density at radius 3 is 0.815 bits per heavy atom. The summed E-state index contributed by atoms with van der Waals surface area (Å²) in [5.41, 5.74) is 5.57. The number of amidine groups is 3. The predicted molar refractivity (Wildman–Crippen MR) is 218 cm³/mol. The van der Waals surface area contributed by atoms with Crippen LogP contribution in [-0.2, 0) is 33.8 Å². The van der Waals surface area contributed by atoms with Crippen LogP contribution >= 0.6 is 0 Å². The quantitative estimate of drug-likeness (QED) is 0.0579. The molecule has 6 aromatic rings. The maximum absolute atomic E-state index is 5.02. The zero-order valence-corrected chi connectivity index (χ0v) is 32.0. The minimum Gasteiger partial charge on any atom is -0.464 e. The van der Waals surface area contributed by atoms with Gasteiger partial charge in [0.1, 0.15) is 0 Å². The van der Waals surface area contributed by atoms with Crippen LogP contribution in [0.5, 0.6) is 0 Å². The van der Waals surface area contributed by atoms with Gasteiger partial charge in [0.05, 0.1) is 0 Å². The van der Waals surface area contributed by atoms with Gasteiger partial charge in [-0.3, -0.25) is 0 Å². The largest absolute Gasteiger partial charge is 3.00 e. The van der Waals surface area contributed by atoms with Crippen molar-refractivity contribution in [2.75, 3.05) is 39.3 Å². The summed E-state index contributed by atoms with van der Waals surface area (Å²) in [6.07, 6.45) is 0. The van der Waals surface area contributed by atoms with Crippen molar-refractivity contribution in [1.82, 2.24) is 4.90 Å². The summed E-state index contributed by atoms with van der Waals surface area (Å²) in [6.45, 7) is 3.81. The van der Waals surface area contributed by atoms with Crippen LogP contribution in [0.4, 0.5) is 17.1 Å². The SMILES string of the molecule is [Co+3].[Fe].c1ccc([N-]C(=NCCN(CCN=C([N-]c2ccccc2)c2ccccc2)CCN=C([N-]c2ccccc2)c2ccccc2)c2ccccc2)cc1. The van der Waals surface area contributed by atoms with Gasteiger partial charge in [-0.15, -0.1) is 0 Å². The summed E-state index contributed by atoms with van der Waals surface area (Å²) in [5.74, 6) is 2.14. The molecule has 0 N–H and O–H groups in total. The van der Waals surface area contributed by atoms with Gasteiger partial charge in [-0.25, -0.2) is 0 Å². The molecular formula is C45H42CoFeN7. The predicted octanol–water partition coefficient (Wildman–Crippen LogP) is 10.7. The third-order valence-electron chi connectivity index (χ3n) is 8.10. The van der Waals surface area contributed by atoms with Gasteiger partial charge in [-0.05, 0) is 73.0 Å². The van der Waals surface area contributed by atoms with E-state index in [1.54, 1.807) is 0 Å². The van der Waals surface area contributed by atoms with E-state index in [1.807, 2.05) is 146 Å². The van der Waals surface area contributed by atoms with E-state index in [1.165, 1.54) is 0 Å². The first-order valence-corrected chi connectivity index (χ1v) is 17.6. The monoisotopic (exact) mass is 795 g/mol. The molecule has 0 aromatic heterocycles. The van der Waals surface area contributed by atoms with Crippen molar-refractivity contribution in [2.45, 2.75) is 0 Å². The van der Waals surface area contributed by atoms with E-state index in [4.69, 9.17) is 30.9 Å². The molecule has 0 bridgehead atoms. The molecule has 0 aliphatic rings.